The van der Waals surface area contributed by atoms with E-state index >= 15 is 0 Å². The fourth-order valence-corrected chi connectivity index (χ4v) is 1.90. The second-order valence-electron chi connectivity index (χ2n) is 3.89. The lowest BCUT2D eigenvalue weighted by Gasteiger charge is -2.19. The summed E-state index contributed by atoms with van der Waals surface area (Å²) in [6.07, 6.45) is 7.10. The normalized spacial score (nSPS) is 15.0. The highest BCUT2D eigenvalue weighted by molar-refractivity contribution is 6.30. The van der Waals surface area contributed by atoms with Gasteiger partial charge in [-0.25, -0.2) is 0 Å². The van der Waals surface area contributed by atoms with Crippen molar-refractivity contribution in [3.8, 4) is 0 Å². The average Bonchev–Trinajstić information content (AvgIpc) is 2.76. The van der Waals surface area contributed by atoms with E-state index in [4.69, 9.17) is 17.3 Å². The Morgan fingerprint density at radius 1 is 1.31 bits per heavy atom. The first-order valence-electron chi connectivity index (χ1n) is 5.01. The number of nitrogens with two attached hydrogens (primary N) is 1. The molecular formula is C10H14ClN5. The SMILES string of the molecule is CC(N)C(c1cnn(C)c1)n1cc(Cl)cn1. The summed E-state index contributed by atoms with van der Waals surface area (Å²) in [6, 6.07) is -0.110. The Labute approximate surface area is 98.8 Å². The minimum Gasteiger partial charge on any atom is -0.326 e. The van der Waals surface area contributed by atoms with E-state index in [0.717, 1.165) is 5.56 Å². The van der Waals surface area contributed by atoms with E-state index < -0.39 is 0 Å². The van der Waals surface area contributed by atoms with Crippen LogP contribution in [0.2, 0.25) is 5.02 Å². The number of aryl methyl sites for hydroxylation is 1. The van der Waals surface area contributed by atoms with Gasteiger partial charge in [0.15, 0.2) is 0 Å². The van der Waals surface area contributed by atoms with Crippen molar-refractivity contribution in [2.24, 2.45) is 12.8 Å². The summed E-state index contributed by atoms with van der Waals surface area (Å²) in [4.78, 5) is 0. The van der Waals surface area contributed by atoms with Gasteiger partial charge in [-0.15, -0.1) is 0 Å². The fourth-order valence-electron chi connectivity index (χ4n) is 1.76. The predicted molar refractivity (Wildman–Crippen MR) is 62.2 cm³/mol. The molecule has 5 nitrogen and oxygen atoms in total. The van der Waals surface area contributed by atoms with Crippen LogP contribution in [0.1, 0.15) is 18.5 Å². The molecule has 0 bridgehead atoms. The molecule has 16 heavy (non-hydrogen) atoms. The van der Waals surface area contributed by atoms with E-state index in [2.05, 4.69) is 10.2 Å². The summed E-state index contributed by atoms with van der Waals surface area (Å²) in [6.45, 7) is 1.94. The standard InChI is InChI=1S/C10H14ClN5/c1-7(12)10(8-3-13-15(2)5-8)16-6-9(11)4-14-16/h3-7,10H,12H2,1-2H3. The van der Waals surface area contributed by atoms with Gasteiger partial charge >= 0.3 is 0 Å². The van der Waals surface area contributed by atoms with Crippen LogP contribution in [0, 0.1) is 0 Å². The third kappa shape index (κ3) is 2.10. The van der Waals surface area contributed by atoms with Crippen molar-refractivity contribution in [3.63, 3.8) is 0 Å². The van der Waals surface area contributed by atoms with E-state index in [1.165, 1.54) is 0 Å². The van der Waals surface area contributed by atoms with Crippen molar-refractivity contribution in [1.82, 2.24) is 19.6 Å². The van der Waals surface area contributed by atoms with Crippen LogP contribution in [0.15, 0.2) is 24.8 Å². The van der Waals surface area contributed by atoms with Gasteiger partial charge in [0, 0.05) is 31.0 Å². The van der Waals surface area contributed by atoms with Crippen LogP contribution in [-0.4, -0.2) is 25.6 Å². The van der Waals surface area contributed by atoms with Gasteiger partial charge in [0.2, 0.25) is 0 Å². The lowest BCUT2D eigenvalue weighted by Crippen LogP contribution is -2.30. The summed E-state index contributed by atoms with van der Waals surface area (Å²) in [5.41, 5.74) is 7.00. The number of rotatable bonds is 3. The lowest BCUT2D eigenvalue weighted by atomic mass is 10.1. The minimum atomic E-state index is -0.0693. The molecule has 0 fully saturated rings. The van der Waals surface area contributed by atoms with Crippen LogP contribution >= 0.6 is 11.6 Å². The zero-order chi connectivity index (χ0) is 11.7. The molecule has 2 atom stereocenters. The van der Waals surface area contributed by atoms with Crippen LogP contribution < -0.4 is 5.73 Å². The van der Waals surface area contributed by atoms with Gasteiger partial charge in [-0.2, -0.15) is 10.2 Å². The summed E-state index contributed by atoms with van der Waals surface area (Å²) in [7, 11) is 1.87. The second-order valence-corrected chi connectivity index (χ2v) is 4.33. The van der Waals surface area contributed by atoms with Gasteiger partial charge in [-0.3, -0.25) is 9.36 Å². The van der Waals surface area contributed by atoms with Gasteiger partial charge in [0.25, 0.3) is 0 Å². The minimum absolute atomic E-state index is 0.0406. The first-order valence-corrected chi connectivity index (χ1v) is 5.39. The Kier molecular flexibility index (Phi) is 2.98. The van der Waals surface area contributed by atoms with Gasteiger partial charge in [0.05, 0.1) is 23.5 Å². The largest absolute Gasteiger partial charge is 0.326 e. The maximum atomic E-state index is 5.98. The highest BCUT2D eigenvalue weighted by Gasteiger charge is 2.20. The van der Waals surface area contributed by atoms with Crippen LogP contribution in [0.4, 0.5) is 0 Å². The number of nitrogens with zero attached hydrogens (tertiary/aromatic N) is 4. The lowest BCUT2D eigenvalue weighted by molar-refractivity contribution is 0.453. The summed E-state index contributed by atoms with van der Waals surface area (Å²) in [5, 5.41) is 8.94. The van der Waals surface area contributed by atoms with Crippen LogP contribution in [0.25, 0.3) is 0 Å². The van der Waals surface area contributed by atoms with E-state index in [-0.39, 0.29) is 12.1 Å². The molecule has 0 radical (unpaired) electrons. The molecule has 0 aliphatic carbocycles. The first kappa shape index (κ1) is 11.2. The summed E-state index contributed by atoms with van der Waals surface area (Å²) < 4.78 is 3.51. The third-order valence-electron chi connectivity index (χ3n) is 2.42. The van der Waals surface area contributed by atoms with Gasteiger partial charge in [-0.1, -0.05) is 11.6 Å². The molecule has 0 saturated heterocycles. The number of aromatic nitrogens is 4. The fraction of sp³-hybridized carbons (Fsp3) is 0.400. The molecule has 0 spiro atoms. The topological polar surface area (TPSA) is 61.7 Å². The highest BCUT2D eigenvalue weighted by Crippen LogP contribution is 2.21. The predicted octanol–water partition coefficient (Wildman–Crippen LogP) is 1.21. The molecular weight excluding hydrogens is 226 g/mol. The average molecular weight is 240 g/mol. The zero-order valence-corrected chi connectivity index (χ0v) is 9.96. The molecule has 6 heteroatoms. The Morgan fingerprint density at radius 2 is 2.06 bits per heavy atom. The Bertz CT molecular complexity index is 433. The molecule has 2 unspecified atom stereocenters. The van der Waals surface area contributed by atoms with E-state index in [1.54, 1.807) is 28.0 Å². The number of halogens is 1. The van der Waals surface area contributed by atoms with Crippen LogP contribution in [0.3, 0.4) is 0 Å². The van der Waals surface area contributed by atoms with Crippen molar-refractivity contribution in [2.45, 2.75) is 19.0 Å². The van der Waals surface area contributed by atoms with Gasteiger partial charge in [0.1, 0.15) is 0 Å². The van der Waals surface area contributed by atoms with E-state index in [9.17, 15) is 0 Å². The monoisotopic (exact) mass is 239 g/mol. The number of hydrogen-bond donors (Lipinski definition) is 1. The maximum absolute atomic E-state index is 5.98. The van der Waals surface area contributed by atoms with Crippen molar-refractivity contribution in [1.29, 1.82) is 0 Å². The Hall–Kier alpha value is -1.33. The molecule has 0 amide bonds. The van der Waals surface area contributed by atoms with Crippen LogP contribution in [-0.2, 0) is 7.05 Å². The Balaban J connectivity index is 2.38. The van der Waals surface area contributed by atoms with Crippen molar-refractivity contribution in [2.75, 3.05) is 0 Å². The summed E-state index contributed by atoms with van der Waals surface area (Å²) in [5.74, 6) is 0. The molecule has 2 heterocycles. The molecule has 2 rings (SSSR count). The molecule has 0 aliphatic heterocycles. The second kappa shape index (κ2) is 4.27. The molecule has 86 valence electrons. The van der Waals surface area contributed by atoms with Crippen molar-refractivity contribution in [3.05, 3.63) is 35.4 Å². The first-order chi connectivity index (χ1) is 7.58. The maximum Gasteiger partial charge on any atom is 0.0947 e. The van der Waals surface area contributed by atoms with Crippen molar-refractivity contribution < 1.29 is 0 Å². The zero-order valence-electron chi connectivity index (χ0n) is 9.21. The number of hydrogen-bond acceptors (Lipinski definition) is 3. The van der Waals surface area contributed by atoms with Gasteiger partial charge in [-0.05, 0) is 6.92 Å². The Morgan fingerprint density at radius 3 is 2.50 bits per heavy atom. The molecule has 2 N–H and O–H groups in total. The van der Waals surface area contributed by atoms with E-state index in [0.29, 0.717) is 5.02 Å². The van der Waals surface area contributed by atoms with E-state index in [1.807, 2.05) is 20.2 Å². The molecule has 2 aromatic heterocycles. The summed E-state index contributed by atoms with van der Waals surface area (Å²) >= 11 is 5.86. The molecule has 0 aliphatic rings. The third-order valence-corrected chi connectivity index (χ3v) is 2.61. The molecule has 0 aromatic carbocycles. The quantitative estimate of drug-likeness (QED) is 0.876. The smallest absolute Gasteiger partial charge is 0.0947 e. The highest BCUT2D eigenvalue weighted by atomic mass is 35.5. The molecule has 0 saturated carbocycles. The van der Waals surface area contributed by atoms with Gasteiger partial charge < -0.3 is 5.73 Å². The van der Waals surface area contributed by atoms with Crippen LogP contribution in [0.5, 0.6) is 0 Å². The molecule has 2 aromatic rings. The van der Waals surface area contributed by atoms with Crippen molar-refractivity contribution >= 4 is 11.6 Å².